The molecule has 1 aliphatic rings. The van der Waals surface area contributed by atoms with E-state index < -0.39 is 0 Å². The van der Waals surface area contributed by atoms with Crippen molar-refractivity contribution in [2.24, 2.45) is 18.7 Å². The van der Waals surface area contributed by atoms with Crippen LogP contribution in [0.1, 0.15) is 30.6 Å². The lowest BCUT2D eigenvalue weighted by Crippen LogP contribution is -2.23. The standard InChI is InChI=1S/C11H19N3/c1-3-11-13-9-5-4-8(7-12)6-10(9)14(11)2/h8H,3-7,12H2,1-2H3. The third-order valence-electron chi connectivity index (χ3n) is 3.31. The van der Waals surface area contributed by atoms with E-state index in [2.05, 4.69) is 23.5 Å². The number of aromatic nitrogens is 2. The summed E-state index contributed by atoms with van der Waals surface area (Å²) in [6.07, 6.45) is 4.47. The average Bonchev–Trinajstić information content (AvgIpc) is 2.55. The van der Waals surface area contributed by atoms with Gasteiger partial charge in [-0.15, -0.1) is 0 Å². The van der Waals surface area contributed by atoms with Crippen LogP contribution in [0.15, 0.2) is 0 Å². The quantitative estimate of drug-likeness (QED) is 0.763. The highest BCUT2D eigenvalue weighted by Crippen LogP contribution is 2.25. The van der Waals surface area contributed by atoms with Crippen LogP contribution >= 0.6 is 0 Å². The van der Waals surface area contributed by atoms with Gasteiger partial charge in [0, 0.05) is 19.2 Å². The lowest BCUT2D eigenvalue weighted by molar-refractivity contribution is 0.453. The number of hydrogen-bond donors (Lipinski definition) is 1. The maximum atomic E-state index is 5.72. The maximum absolute atomic E-state index is 5.72. The molecule has 1 aliphatic carbocycles. The molecule has 3 nitrogen and oxygen atoms in total. The first kappa shape index (κ1) is 9.71. The van der Waals surface area contributed by atoms with Crippen molar-refractivity contribution < 1.29 is 0 Å². The monoisotopic (exact) mass is 193 g/mol. The molecule has 1 atom stereocenters. The molecule has 78 valence electrons. The first-order chi connectivity index (χ1) is 6.76. The Kier molecular flexibility index (Phi) is 2.59. The second-order valence-electron chi connectivity index (χ2n) is 4.18. The van der Waals surface area contributed by atoms with Gasteiger partial charge >= 0.3 is 0 Å². The fourth-order valence-corrected chi connectivity index (χ4v) is 2.33. The van der Waals surface area contributed by atoms with Gasteiger partial charge in [-0.25, -0.2) is 4.98 Å². The molecule has 0 radical (unpaired) electrons. The van der Waals surface area contributed by atoms with Crippen LogP contribution in [0.25, 0.3) is 0 Å². The van der Waals surface area contributed by atoms with Crippen LogP contribution in [0.5, 0.6) is 0 Å². The minimum Gasteiger partial charge on any atom is -0.335 e. The van der Waals surface area contributed by atoms with E-state index >= 15 is 0 Å². The average molecular weight is 193 g/mol. The highest BCUT2D eigenvalue weighted by atomic mass is 15.1. The highest BCUT2D eigenvalue weighted by molar-refractivity contribution is 5.20. The molecule has 0 saturated heterocycles. The third-order valence-corrected chi connectivity index (χ3v) is 3.31. The van der Waals surface area contributed by atoms with Gasteiger partial charge in [0.15, 0.2) is 0 Å². The molecule has 2 N–H and O–H groups in total. The Hall–Kier alpha value is -0.830. The number of imidazole rings is 1. The van der Waals surface area contributed by atoms with Gasteiger partial charge in [-0.2, -0.15) is 0 Å². The molecule has 1 heterocycles. The third kappa shape index (κ3) is 1.46. The Balaban J connectivity index is 2.31. The molecule has 0 saturated carbocycles. The van der Waals surface area contributed by atoms with E-state index in [9.17, 15) is 0 Å². The lowest BCUT2D eigenvalue weighted by atomic mass is 9.90. The van der Waals surface area contributed by atoms with Crippen molar-refractivity contribution in [1.29, 1.82) is 0 Å². The van der Waals surface area contributed by atoms with E-state index in [0.717, 1.165) is 25.8 Å². The second-order valence-corrected chi connectivity index (χ2v) is 4.18. The molecule has 2 rings (SSSR count). The Morgan fingerprint density at radius 3 is 3.00 bits per heavy atom. The Bertz CT molecular complexity index is 328. The van der Waals surface area contributed by atoms with Gasteiger partial charge in [-0.3, -0.25) is 0 Å². The van der Waals surface area contributed by atoms with Crippen molar-refractivity contribution in [2.45, 2.75) is 32.6 Å². The van der Waals surface area contributed by atoms with Crippen LogP contribution in [0.2, 0.25) is 0 Å². The zero-order chi connectivity index (χ0) is 10.1. The Labute approximate surface area is 85.3 Å². The number of rotatable bonds is 2. The summed E-state index contributed by atoms with van der Waals surface area (Å²) in [7, 11) is 2.13. The van der Waals surface area contributed by atoms with Crippen molar-refractivity contribution >= 4 is 0 Å². The molecule has 0 aliphatic heterocycles. The molecule has 1 unspecified atom stereocenters. The van der Waals surface area contributed by atoms with E-state index in [0.29, 0.717) is 5.92 Å². The van der Waals surface area contributed by atoms with Crippen molar-refractivity contribution in [1.82, 2.24) is 9.55 Å². The Morgan fingerprint density at radius 2 is 2.36 bits per heavy atom. The zero-order valence-corrected chi connectivity index (χ0v) is 9.08. The summed E-state index contributed by atoms with van der Waals surface area (Å²) in [4.78, 5) is 4.66. The maximum Gasteiger partial charge on any atom is 0.108 e. The van der Waals surface area contributed by atoms with Gasteiger partial charge in [0.2, 0.25) is 0 Å². The van der Waals surface area contributed by atoms with Crippen LogP contribution in [-0.2, 0) is 26.3 Å². The molecule has 14 heavy (non-hydrogen) atoms. The summed E-state index contributed by atoms with van der Waals surface area (Å²) >= 11 is 0. The molecule has 0 spiro atoms. The van der Waals surface area contributed by atoms with Gasteiger partial charge in [0.05, 0.1) is 5.69 Å². The normalized spacial score (nSPS) is 20.9. The van der Waals surface area contributed by atoms with Crippen LogP contribution in [-0.4, -0.2) is 16.1 Å². The summed E-state index contributed by atoms with van der Waals surface area (Å²) in [5.41, 5.74) is 8.45. The first-order valence-corrected chi connectivity index (χ1v) is 5.49. The van der Waals surface area contributed by atoms with Crippen molar-refractivity contribution in [2.75, 3.05) is 6.54 Å². The number of aryl methyl sites for hydroxylation is 2. The minimum absolute atomic E-state index is 0.669. The summed E-state index contributed by atoms with van der Waals surface area (Å²) in [5, 5.41) is 0. The summed E-state index contributed by atoms with van der Waals surface area (Å²) in [5.74, 6) is 1.88. The van der Waals surface area contributed by atoms with E-state index in [1.54, 1.807) is 0 Å². The number of hydrogen-bond acceptors (Lipinski definition) is 2. The Morgan fingerprint density at radius 1 is 1.57 bits per heavy atom. The van der Waals surface area contributed by atoms with Crippen molar-refractivity contribution in [3.63, 3.8) is 0 Å². The van der Waals surface area contributed by atoms with E-state index in [4.69, 9.17) is 5.73 Å². The number of nitrogens with two attached hydrogens (primary N) is 1. The van der Waals surface area contributed by atoms with Gasteiger partial charge in [0.1, 0.15) is 5.82 Å². The molecule has 0 bridgehead atoms. The smallest absolute Gasteiger partial charge is 0.108 e. The van der Waals surface area contributed by atoms with Crippen LogP contribution in [0, 0.1) is 5.92 Å². The fourth-order valence-electron chi connectivity index (χ4n) is 2.33. The molecule has 3 heteroatoms. The van der Waals surface area contributed by atoms with E-state index in [-0.39, 0.29) is 0 Å². The van der Waals surface area contributed by atoms with Crippen molar-refractivity contribution in [3.05, 3.63) is 17.2 Å². The molecule has 0 amide bonds. The highest BCUT2D eigenvalue weighted by Gasteiger charge is 2.22. The summed E-state index contributed by atoms with van der Waals surface area (Å²) in [6, 6.07) is 0. The predicted molar refractivity (Wildman–Crippen MR) is 57.2 cm³/mol. The topological polar surface area (TPSA) is 43.8 Å². The zero-order valence-electron chi connectivity index (χ0n) is 9.08. The fraction of sp³-hybridized carbons (Fsp3) is 0.727. The van der Waals surface area contributed by atoms with Crippen LogP contribution < -0.4 is 5.73 Å². The van der Waals surface area contributed by atoms with Gasteiger partial charge in [0.25, 0.3) is 0 Å². The minimum atomic E-state index is 0.669. The lowest BCUT2D eigenvalue weighted by Gasteiger charge is -2.20. The predicted octanol–water partition coefficient (Wildman–Crippen LogP) is 1.05. The second kappa shape index (κ2) is 3.73. The van der Waals surface area contributed by atoms with Gasteiger partial charge in [-0.1, -0.05) is 6.92 Å². The molecule has 0 aromatic carbocycles. The summed E-state index contributed by atoms with van der Waals surface area (Å²) < 4.78 is 2.26. The molecular formula is C11H19N3. The van der Waals surface area contributed by atoms with Crippen molar-refractivity contribution in [3.8, 4) is 0 Å². The van der Waals surface area contributed by atoms with Gasteiger partial charge in [-0.05, 0) is 31.7 Å². The van der Waals surface area contributed by atoms with E-state index in [1.165, 1.54) is 23.6 Å². The van der Waals surface area contributed by atoms with Gasteiger partial charge < -0.3 is 10.3 Å². The SMILES string of the molecule is CCc1nc2c(n1C)CC(CN)CC2. The summed E-state index contributed by atoms with van der Waals surface area (Å²) in [6.45, 7) is 2.97. The molecule has 1 aromatic rings. The van der Waals surface area contributed by atoms with Crippen LogP contribution in [0.3, 0.4) is 0 Å². The number of nitrogens with zero attached hydrogens (tertiary/aromatic N) is 2. The largest absolute Gasteiger partial charge is 0.335 e. The number of fused-ring (bicyclic) bond motifs is 1. The van der Waals surface area contributed by atoms with E-state index in [1.807, 2.05) is 0 Å². The molecular weight excluding hydrogens is 174 g/mol. The molecule has 0 fully saturated rings. The van der Waals surface area contributed by atoms with Crippen LogP contribution in [0.4, 0.5) is 0 Å². The first-order valence-electron chi connectivity index (χ1n) is 5.49. The molecule has 1 aromatic heterocycles.